The predicted molar refractivity (Wildman–Crippen MR) is 138 cm³/mol. The predicted octanol–water partition coefficient (Wildman–Crippen LogP) is 6.33. The Bertz CT molecular complexity index is 1300. The summed E-state index contributed by atoms with van der Waals surface area (Å²) >= 11 is 5.93. The Hall–Kier alpha value is -3.83. The molecule has 5 nitrogen and oxygen atoms in total. The smallest absolute Gasteiger partial charge is 0.341 e. The number of halogens is 1. The summed E-state index contributed by atoms with van der Waals surface area (Å²) in [4.78, 5) is 25.5. The van der Waals surface area contributed by atoms with Gasteiger partial charge < -0.3 is 15.4 Å². The van der Waals surface area contributed by atoms with Crippen molar-refractivity contribution in [3.05, 3.63) is 107 Å². The van der Waals surface area contributed by atoms with Gasteiger partial charge in [-0.15, -0.1) is 0 Å². The fraction of sp³-hybridized carbons (Fsp3) is 0.143. The molecule has 4 aromatic carbocycles. The minimum absolute atomic E-state index is 0.379. The Balaban J connectivity index is 1.35. The van der Waals surface area contributed by atoms with E-state index in [1.807, 2.05) is 78.9 Å². The summed E-state index contributed by atoms with van der Waals surface area (Å²) in [5.74, 6) is -0.951. The third kappa shape index (κ3) is 5.94. The number of amides is 1. The number of anilines is 2. The third-order valence-electron chi connectivity index (χ3n) is 5.46. The van der Waals surface area contributed by atoms with Gasteiger partial charge in [-0.05, 0) is 66.1 Å². The number of esters is 1. The number of ether oxygens (including phenoxy) is 1. The van der Waals surface area contributed by atoms with Crippen LogP contribution in [0.3, 0.4) is 0 Å². The molecule has 0 saturated carbocycles. The van der Waals surface area contributed by atoms with Gasteiger partial charge in [-0.1, -0.05) is 66.2 Å². The van der Waals surface area contributed by atoms with Gasteiger partial charge in [0.05, 0.1) is 5.56 Å². The van der Waals surface area contributed by atoms with Crippen LogP contribution in [0.1, 0.15) is 22.8 Å². The molecule has 0 saturated heterocycles. The number of rotatable bonds is 8. The summed E-state index contributed by atoms with van der Waals surface area (Å²) in [6.07, 6.45) is -0.188. The zero-order valence-electron chi connectivity index (χ0n) is 18.8. The number of carbonyl (C=O) groups is 2. The standard InChI is InChI=1S/C28H25ClN2O3/c1-19(27(32)31-24-15-12-21-6-2-3-7-22(21)18-24)34-28(33)25-8-4-5-9-26(25)30-17-16-20-10-13-23(29)14-11-20/h2-15,18-19,30H,16-17H2,1H3,(H,31,32)/t19-/m0/s1. The largest absolute Gasteiger partial charge is 0.449 e. The second-order valence-corrected chi connectivity index (χ2v) is 8.38. The van der Waals surface area contributed by atoms with E-state index < -0.39 is 18.0 Å². The van der Waals surface area contributed by atoms with Crippen molar-refractivity contribution < 1.29 is 14.3 Å². The van der Waals surface area contributed by atoms with Gasteiger partial charge in [-0.25, -0.2) is 4.79 Å². The van der Waals surface area contributed by atoms with E-state index in [0.29, 0.717) is 28.5 Å². The molecular weight excluding hydrogens is 448 g/mol. The Morgan fingerprint density at radius 1 is 0.882 bits per heavy atom. The molecule has 0 aromatic heterocycles. The Morgan fingerprint density at radius 2 is 1.59 bits per heavy atom. The molecule has 4 aromatic rings. The van der Waals surface area contributed by atoms with Gasteiger partial charge in [-0.3, -0.25) is 4.79 Å². The molecule has 4 rings (SSSR count). The zero-order chi connectivity index (χ0) is 23.9. The number of nitrogens with one attached hydrogen (secondary N) is 2. The third-order valence-corrected chi connectivity index (χ3v) is 5.71. The Morgan fingerprint density at radius 3 is 2.38 bits per heavy atom. The van der Waals surface area contributed by atoms with E-state index in [1.54, 1.807) is 19.1 Å². The topological polar surface area (TPSA) is 67.4 Å². The first-order valence-electron chi connectivity index (χ1n) is 11.1. The second kappa shape index (κ2) is 10.9. The molecule has 1 amide bonds. The fourth-order valence-electron chi connectivity index (χ4n) is 3.60. The van der Waals surface area contributed by atoms with Crippen LogP contribution in [-0.2, 0) is 16.0 Å². The maximum atomic E-state index is 12.8. The van der Waals surface area contributed by atoms with E-state index >= 15 is 0 Å². The van der Waals surface area contributed by atoms with E-state index in [-0.39, 0.29) is 0 Å². The van der Waals surface area contributed by atoms with E-state index in [4.69, 9.17) is 16.3 Å². The van der Waals surface area contributed by atoms with Gasteiger partial charge in [0, 0.05) is 22.9 Å². The van der Waals surface area contributed by atoms with Crippen molar-refractivity contribution >= 4 is 45.6 Å². The molecule has 0 aliphatic carbocycles. The monoisotopic (exact) mass is 472 g/mol. The molecule has 0 aliphatic rings. The summed E-state index contributed by atoms with van der Waals surface area (Å²) in [5.41, 5.74) is 2.82. The van der Waals surface area contributed by atoms with Crippen molar-refractivity contribution in [2.24, 2.45) is 0 Å². The van der Waals surface area contributed by atoms with E-state index in [2.05, 4.69) is 10.6 Å². The van der Waals surface area contributed by atoms with Crippen molar-refractivity contribution in [3.63, 3.8) is 0 Å². The van der Waals surface area contributed by atoms with Crippen LogP contribution in [0.2, 0.25) is 5.02 Å². The summed E-state index contributed by atoms with van der Waals surface area (Å²) in [6.45, 7) is 2.19. The number of hydrogen-bond donors (Lipinski definition) is 2. The first-order chi connectivity index (χ1) is 16.5. The molecule has 2 N–H and O–H groups in total. The molecule has 0 fully saturated rings. The molecule has 0 heterocycles. The molecule has 1 atom stereocenters. The lowest BCUT2D eigenvalue weighted by molar-refractivity contribution is -0.123. The van der Waals surface area contributed by atoms with E-state index in [9.17, 15) is 9.59 Å². The molecule has 172 valence electrons. The summed E-state index contributed by atoms with van der Waals surface area (Å²) in [6, 6.07) is 28.3. The molecule has 0 radical (unpaired) electrons. The normalized spacial score (nSPS) is 11.6. The first-order valence-corrected chi connectivity index (χ1v) is 11.5. The van der Waals surface area contributed by atoms with Crippen molar-refractivity contribution in [1.29, 1.82) is 0 Å². The molecule has 6 heteroatoms. The molecule has 0 aliphatic heterocycles. The number of para-hydroxylation sites is 1. The van der Waals surface area contributed by atoms with Crippen molar-refractivity contribution in [1.82, 2.24) is 0 Å². The highest BCUT2D eigenvalue weighted by Crippen LogP contribution is 2.20. The van der Waals surface area contributed by atoms with E-state index in [0.717, 1.165) is 22.8 Å². The number of hydrogen-bond acceptors (Lipinski definition) is 4. The second-order valence-electron chi connectivity index (χ2n) is 7.95. The highest BCUT2D eigenvalue weighted by atomic mass is 35.5. The Kier molecular flexibility index (Phi) is 7.45. The highest BCUT2D eigenvalue weighted by molar-refractivity contribution is 6.30. The molecular formula is C28H25ClN2O3. The van der Waals surface area contributed by atoms with Gasteiger partial charge in [0.2, 0.25) is 0 Å². The van der Waals surface area contributed by atoms with Gasteiger partial charge >= 0.3 is 5.97 Å². The molecule has 0 bridgehead atoms. The SMILES string of the molecule is C[C@H](OC(=O)c1ccccc1NCCc1ccc(Cl)cc1)C(=O)Nc1ccc2ccccc2c1. The average molecular weight is 473 g/mol. The number of fused-ring (bicyclic) bond motifs is 1. The lowest BCUT2D eigenvalue weighted by atomic mass is 10.1. The van der Waals surface area contributed by atoms with Gasteiger partial charge in [-0.2, -0.15) is 0 Å². The van der Waals surface area contributed by atoms with Gasteiger partial charge in [0.25, 0.3) is 5.91 Å². The van der Waals surface area contributed by atoms with E-state index in [1.165, 1.54) is 0 Å². The maximum absolute atomic E-state index is 12.8. The minimum atomic E-state index is -0.957. The van der Waals surface area contributed by atoms with Gasteiger partial charge in [0.15, 0.2) is 6.10 Å². The summed E-state index contributed by atoms with van der Waals surface area (Å²) in [5, 5.41) is 8.90. The van der Waals surface area contributed by atoms with Crippen LogP contribution in [0.25, 0.3) is 10.8 Å². The fourth-order valence-corrected chi connectivity index (χ4v) is 3.72. The van der Waals surface area contributed by atoms with Crippen LogP contribution in [0, 0.1) is 0 Å². The Labute approximate surface area is 203 Å². The summed E-state index contributed by atoms with van der Waals surface area (Å²) in [7, 11) is 0. The maximum Gasteiger partial charge on any atom is 0.341 e. The minimum Gasteiger partial charge on any atom is -0.449 e. The number of benzene rings is 4. The zero-order valence-corrected chi connectivity index (χ0v) is 19.5. The molecule has 0 spiro atoms. The number of carbonyl (C=O) groups excluding carboxylic acids is 2. The van der Waals surface area contributed by atoms with Crippen LogP contribution < -0.4 is 10.6 Å². The van der Waals surface area contributed by atoms with Crippen LogP contribution in [0.15, 0.2) is 91.0 Å². The molecule has 34 heavy (non-hydrogen) atoms. The van der Waals surface area contributed by atoms with Crippen LogP contribution in [0.4, 0.5) is 11.4 Å². The van der Waals surface area contributed by atoms with Crippen LogP contribution >= 0.6 is 11.6 Å². The first kappa shape index (κ1) is 23.3. The van der Waals surface area contributed by atoms with Crippen molar-refractivity contribution in [2.75, 3.05) is 17.2 Å². The lowest BCUT2D eigenvalue weighted by Gasteiger charge is -2.16. The van der Waals surface area contributed by atoms with Crippen molar-refractivity contribution in [2.45, 2.75) is 19.4 Å². The van der Waals surface area contributed by atoms with Crippen LogP contribution in [0.5, 0.6) is 0 Å². The van der Waals surface area contributed by atoms with Gasteiger partial charge in [0.1, 0.15) is 0 Å². The van der Waals surface area contributed by atoms with Crippen LogP contribution in [-0.4, -0.2) is 24.5 Å². The lowest BCUT2D eigenvalue weighted by Crippen LogP contribution is -2.30. The summed E-state index contributed by atoms with van der Waals surface area (Å²) < 4.78 is 5.47. The quantitative estimate of drug-likeness (QED) is 0.294. The average Bonchev–Trinajstić information content (AvgIpc) is 2.85. The highest BCUT2D eigenvalue weighted by Gasteiger charge is 2.21. The van der Waals surface area contributed by atoms with Crippen molar-refractivity contribution in [3.8, 4) is 0 Å². The molecule has 0 unspecified atom stereocenters.